The van der Waals surface area contributed by atoms with Gasteiger partial charge in [0.25, 0.3) is 5.56 Å². The van der Waals surface area contributed by atoms with E-state index in [1.807, 2.05) is 17.0 Å². The zero-order valence-electron chi connectivity index (χ0n) is 20.4. The number of carbonyl (C=O) groups is 1. The van der Waals surface area contributed by atoms with Crippen molar-refractivity contribution in [3.8, 4) is 0 Å². The normalized spacial score (nSPS) is 16.5. The standard InChI is InChI=1S/C27H30N4O2S2/c1-17(2)20-10-8-19(9-11-20)15-31-26(33)24-23(21-7-4-12-28-25(21)35-24)29-27(31)34-16-22(32)30-13-5-6-18(3)14-30/h4,7-12,17-18H,5-6,13-16H2,1-3H3/t18-/m1/s1. The summed E-state index contributed by atoms with van der Waals surface area (Å²) in [6, 6.07) is 12.2. The summed E-state index contributed by atoms with van der Waals surface area (Å²) in [5.74, 6) is 1.37. The molecule has 1 aliphatic rings. The molecule has 4 aromatic rings. The molecule has 4 heterocycles. The number of benzene rings is 1. The fourth-order valence-corrected chi connectivity index (χ4v) is 6.54. The van der Waals surface area contributed by atoms with E-state index in [9.17, 15) is 9.59 Å². The number of carbonyl (C=O) groups excluding carboxylic acids is 1. The van der Waals surface area contributed by atoms with Gasteiger partial charge in [0.2, 0.25) is 5.91 Å². The Morgan fingerprint density at radius 1 is 1.23 bits per heavy atom. The van der Waals surface area contributed by atoms with Crippen LogP contribution in [-0.2, 0) is 11.3 Å². The topological polar surface area (TPSA) is 68.1 Å². The van der Waals surface area contributed by atoms with Gasteiger partial charge in [-0.05, 0) is 47.9 Å². The molecule has 1 aliphatic heterocycles. The van der Waals surface area contributed by atoms with E-state index in [2.05, 4.69) is 50.0 Å². The first kappa shape index (κ1) is 24.0. The van der Waals surface area contributed by atoms with Crippen molar-refractivity contribution >= 4 is 49.4 Å². The van der Waals surface area contributed by atoms with E-state index in [4.69, 9.17) is 4.98 Å². The third-order valence-corrected chi connectivity index (χ3v) is 8.69. The first-order valence-corrected chi connectivity index (χ1v) is 14.0. The molecule has 0 radical (unpaired) electrons. The Kier molecular flexibility index (Phi) is 6.93. The number of amides is 1. The minimum absolute atomic E-state index is 0.0764. The van der Waals surface area contributed by atoms with E-state index in [-0.39, 0.29) is 17.2 Å². The van der Waals surface area contributed by atoms with E-state index >= 15 is 0 Å². The van der Waals surface area contributed by atoms with E-state index in [1.165, 1.54) is 35.1 Å². The summed E-state index contributed by atoms with van der Waals surface area (Å²) in [6.45, 7) is 8.57. The molecular weight excluding hydrogens is 476 g/mol. The number of hydrogen-bond donors (Lipinski definition) is 0. The molecule has 35 heavy (non-hydrogen) atoms. The second-order valence-electron chi connectivity index (χ2n) is 9.69. The summed E-state index contributed by atoms with van der Waals surface area (Å²) in [7, 11) is 0. The molecule has 0 saturated carbocycles. The molecule has 0 spiro atoms. The van der Waals surface area contributed by atoms with Gasteiger partial charge in [0.1, 0.15) is 9.53 Å². The predicted octanol–water partition coefficient (Wildman–Crippen LogP) is 5.53. The first-order chi connectivity index (χ1) is 16.9. The number of thiophene rings is 1. The Morgan fingerprint density at radius 2 is 2.03 bits per heavy atom. The predicted molar refractivity (Wildman–Crippen MR) is 145 cm³/mol. The van der Waals surface area contributed by atoms with Crippen molar-refractivity contribution < 1.29 is 4.79 Å². The van der Waals surface area contributed by atoms with Crippen LogP contribution < -0.4 is 5.56 Å². The summed E-state index contributed by atoms with van der Waals surface area (Å²) < 4.78 is 2.33. The number of thioether (sulfide) groups is 1. The summed E-state index contributed by atoms with van der Waals surface area (Å²) in [5, 5.41) is 1.47. The van der Waals surface area contributed by atoms with Crippen molar-refractivity contribution in [1.29, 1.82) is 0 Å². The van der Waals surface area contributed by atoms with Crippen LogP contribution in [0.2, 0.25) is 0 Å². The molecule has 1 fully saturated rings. The van der Waals surface area contributed by atoms with E-state index in [0.717, 1.165) is 35.3 Å². The maximum absolute atomic E-state index is 13.7. The number of likely N-dealkylation sites (tertiary alicyclic amines) is 1. The van der Waals surface area contributed by atoms with E-state index in [1.54, 1.807) is 10.8 Å². The van der Waals surface area contributed by atoms with Crippen molar-refractivity contribution in [2.45, 2.75) is 51.2 Å². The Morgan fingerprint density at radius 3 is 2.77 bits per heavy atom. The summed E-state index contributed by atoms with van der Waals surface area (Å²) in [5.41, 5.74) is 2.90. The fraction of sp³-hybridized carbons (Fsp3) is 0.407. The van der Waals surface area contributed by atoms with Crippen LogP contribution in [-0.4, -0.2) is 44.2 Å². The smallest absolute Gasteiger partial charge is 0.272 e. The molecule has 0 unspecified atom stereocenters. The summed E-state index contributed by atoms with van der Waals surface area (Å²) >= 11 is 2.75. The molecule has 0 N–H and O–H groups in total. The summed E-state index contributed by atoms with van der Waals surface area (Å²) in [6.07, 6.45) is 3.96. The molecule has 182 valence electrons. The highest BCUT2D eigenvalue weighted by Gasteiger charge is 2.23. The lowest BCUT2D eigenvalue weighted by atomic mass is 10.0. The molecule has 1 saturated heterocycles. The van der Waals surface area contributed by atoms with Gasteiger partial charge in [-0.2, -0.15) is 0 Å². The molecule has 6 nitrogen and oxygen atoms in total. The quantitative estimate of drug-likeness (QED) is 0.254. The molecule has 1 amide bonds. The molecule has 1 atom stereocenters. The third-order valence-electron chi connectivity index (χ3n) is 6.64. The highest BCUT2D eigenvalue weighted by atomic mass is 32.2. The molecule has 8 heteroatoms. The lowest BCUT2D eigenvalue weighted by Gasteiger charge is -2.30. The van der Waals surface area contributed by atoms with Crippen molar-refractivity contribution in [2.24, 2.45) is 5.92 Å². The molecular formula is C27H30N4O2S2. The zero-order chi connectivity index (χ0) is 24.5. The van der Waals surface area contributed by atoms with Gasteiger partial charge in [0.05, 0.1) is 17.8 Å². The average Bonchev–Trinajstić information content (AvgIpc) is 3.23. The Labute approximate surface area is 213 Å². The fourth-order valence-electron chi connectivity index (χ4n) is 4.61. The maximum Gasteiger partial charge on any atom is 0.272 e. The molecule has 3 aromatic heterocycles. The van der Waals surface area contributed by atoms with E-state index < -0.39 is 0 Å². The summed E-state index contributed by atoms with van der Waals surface area (Å²) in [4.78, 5) is 38.8. The van der Waals surface area contributed by atoms with Gasteiger partial charge in [-0.3, -0.25) is 14.2 Å². The number of rotatable bonds is 6. The van der Waals surface area contributed by atoms with Gasteiger partial charge >= 0.3 is 0 Å². The van der Waals surface area contributed by atoms with Crippen LogP contribution in [0, 0.1) is 5.92 Å². The largest absolute Gasteiger partial charge is 0.342 e. The van der Waals surface area contributed by atoms with Crippen molar-refractivity contribution in [2.75, 3.05) is 18.8 Å². The van der Waals surface area contributed by atoms with Gasteiger partial charge in [-0.15, -0.1) is 11.3 Å². The highest BCUT2D eigenvalue weighted by Crippen LogP contribution is 2.31. The third kappa shape index (κ3) is 5.00. The molecule has 0 bridgehead atoms. The van der Waals surface area contributed by atoms with Gasteiger partial charge in [0, 0.05) is 24.7 Å². The van der Waals surface area contributed by atoms with Crippen LogP contribution in [0.5, 0.6) is 0 Å². The van der Waals surface area contributed by atoms with E-state index in [0.29, 0.717) is 33.8 Å². The maximum atomic E-state index is 13.7. The lowest BCUT2D eigenvalue weighted by Crippen LogP contribution is -2.40. The monoisotopic (exact) mass is 506 g/mol. The number of hydrogen-bond acceptors (Lipinski definition) is 6. The number of pyridine rings is 1. The minimum Gasteiger partial charge on any atom is -0.342 e. The SMILES string of the molecule is CC(C)c1ccc(Cn2c(SCC(=O)N3CCC[C@@H](C)C3)nc3c(sc4ncccc43)c2=O)cc1. The van der Waals surface area contributed by atoms with Crippen molar-refractivity contribution in [3.63, 3.8) is 0 Å². The van der Waals surface area contributed by atoms with Crippen LogP contribution >= 0.6 is 23.1 Å². The van der Waals surface area contributed by atoms with Crippen LogP contribution in [0.4, 0.5) is 0 Å². The molecule has 1 aromatic carbocycles. The Bertz CT molecular complexity index is 1430. The Hall–Kier alpha value is -2.71. The second-order valence-corrected chi connectivity index (χ2v) is 11.6. The highest BCUT2D eigenvalue weighted by molar-refractivity contribution is 7.99. The second kappa shape index (κ2) is 10.1. The van der Waals surface area contributed by atoms with Gasteiger partial charge < -0.3 is 4.90 Å². The zero-order valence-corrected chi connectivity index (χ0v) is 22.0. The molecule has 5 rings (SSSR count). The van der Waals surface area contributed by atoms with Gasteiger partial charge in [-0.1, -0.05) is 56.8 Å². The molecule has 0 aliphatic carbocycles. The van der Waals surface area contributed by atoms with Crippen LogP contribution in [0.15, 0.2) is 52.5 Å². The van der Waals surface area contributed by atoms with Crippen LogP contribution in [0.1, 0.15) is 50.7 Å². The minimum atomic E-state index is -0.0764. The van der Waals surface area contributed by atoms with Crippen LogP contribution in [0.3, 0.4) is 0 Å². The number of piperidine rings is 1. The first-order valence-electron chi connectivity index (χ1n) is 12.2. The van der Waals surface area contributed by atoms with Gasteiger partial charge in [0.15, 0.2) is 5.16 Å². The van der Waals surface area contributed by atoms with Gasteiger partial charge in [-0.25, -0.2) is 9.97 Å². The average molecular weight is 507 g/mol. The van der Waals surface area contributed by atoms with Crippen molar-refractivity contribution in [1.82, 2.24) is 19.4 Å². The van der Waals surface area contributed by atoms with Crippen LogP contribution in [0.25, 0.3) is 20.4 Å². The number of fused-ring (bicyclic) bond motifs is 3. The number of nitrogens with zero attached hydrogens (tertiary/aromatic N) is 4. The number of aromatic nitrogens is 3. The van der Waals surface area contributed by atoms with Crippen molar-refractivity contribution in [3.05, 3.63) is 64.1 Å². The Balaban J connectivity index is 1.51. The lowest BCUT2D eigenvalue weighted by molar-refractivity contribution is -0.130.